The highest BCUT2D eigenvalue weighted by molar-refractivity contribution is 8.00. The zero-order valence-corrected chi connectivity index (χ0v) is 14.8. The van der Waals surface area contributed by atoms with Crippen LogP contribution in [0.3, 0.4) is 0 Å². The Labute approximate surface area is 148 Å². The van der Waals surface area contributed by atoms with Gasteiger partial charge in [-0.2, -0.15) is 11.8 Å². The number of hydrogen-bond acceptors (Lipinski definition) is 4. The molecule has 2 aliphatic rings. The summed E-state index contributed by atoms with van der Waals surface area (Å²) in [4.78, 5) is 32.6. The Morgan fingerprint density at radius 2 is 2.08 bits per heavy atom. The van der Waals surface area contributed by atoms with Crippen molar-refractivity contribution in [3.63, 3.8) is 0 Å². The van der Waals surface area contributed by atoms with E-state index in [1.807, 2.05) is 16.7 Å². The molecular weight excluding hydrogens is 342 g/mol. The average molecular weight is 361 g/mol. The summed E-state index contributed by atoms with van der Waals surface area (Å²) in [6, 6.07) is 5.54. The van der Waals surface area contributed by atoms with Crippen molar-refractivity contribution >= 4 is 40.8 Å². The Morgan fingerprint density at radius 3 is 2.96 bits per heavy atom. The molecule has 0 radical (unpaired) electrons. The standard InChI is InChI=1S/C17H19N3O2S2/c21-15-11-6-5-10(9-12(11)18-17(23)19-15)16(22)20-7-8-24-14-4-2-1-3-13(14)20/h5-6,9,13-14H,1-4,7-8H2,(H2,18,19,21,23). The minimum Gasteiger partial charge on any atom is -0.334 e. The number of carbonyl (C=O) groups is 1. The molecule has 2 fully saturated rings. The molecule has 1 aromatic heterocycles. The van der Waals surface area contributed by atoms with Crippen LogP contribution in [0.1, 0.15) is 36.0 Å². The number of aromatic amines is 2. The third kappa shape index (κ3) is 2.80. The number of benzene rings is 1. The molecule has 1 amide bonds. The number of aromatic nitrogens is 2. The van der Waals surface area contributed by atoms with Gasteiger partial charge in [0.25, 0.3) is 11.5 Å². The molecule has 2 atom stereocenters. The minimum atomic E-state index is -0.227. The number of thioether (sulfide) groups is 1. The van der Waals surface area contributed by atoms with E-state index in [4.69, 9.17) is 12.2 Å². The monoisotopic (exact) mass is 361 g/mol. The second kappa shape index (κ2) is 6.37. The molecule has 1 aliphatic heterocycles. The summed E-state index contributed by atoms with van der Waals surface area (Å²) < 4.78 is 0.277. The van der Waals surface area contributed by atoms with Crippen LogP contribution in [0.25, 0.3) is 10.9 Å². The average Bonchev–Trinajstić information content (AvgIpc) is 2.60. The summed E-state index contributed by atoms with van der Waals surface area (Å²) in [5.74, 6) is 1.07. The number of fused-ring (bicyclic) bond motifs is 2. The normalized spacial score (nSPS) is 23.9. The summed E-state index contributed by atoms with van der Waals surface area (Å²) in [5, 5.41) is 1.09. The lowest BCUT2D eigenvalue weighted by molar-refractivity contribution is 0.0646. The zero-order valence-electron chi connectivity index (χ0n) is 13.2. The van der Waals surface area contributed by atoms with Gasteiger partial charge in [-0.3, -0.25) is 14.6 Å². The fourth-order valence-electron chi connectivity index (χ4n) is 3.82. The topological polar surface area (TPSA) is 69.0 Å². The first-order valence-corrected chi connectivity index (χ1v) is 9.78. The van der Waals surface area contributed by atoms with Crippen LogP contribution >= 0.6 is 24.0 Å². The summed E-state index contributed by atoms with van der Waals surface area (Å²) in [7, 11) is 0. The van der Waals surface area contributed by atoms with E-state index in [0.717, 1.165) is 18.7 Å². The first kappa shape index (κ1) is 15.9. The van der Waals surface area contributed by atoms with Crippen molar-refractivity contribution < 1.29 is 4.79 Å². The number of rotatable bonds is 1. The fourth-order valence-corrected chi connectivity index (χ4v) is 5.46. The maximum absolute atomic E-state index is 13.1. The molecule has 2 aromatic rings. The van der Waals surface area contributed by atoms with Crippen molar-refractivity contribution in [1.82, 2.24) is 14.9 Å². The van der Waals surface area contributed by atoms with Gasteiger partial charge in [-0.1, -0.05) is 12.8 Å². The lowest BCUT2D eigenvalue weighted by Gasteiger charge is -2.43. The molecule has 126 valence electrons. The second-order valence-electron chi connectivity index (χ2n) is 6.43. The van der Waals surface area contributed by atoms with E-state index < -0.39 is 0 Å². The number of nitrogens with one attached hydrogen (secondary N) is 2. The minimum absolute atomic E-state index is 0.0636. The van der Waals surface area contributed by atoms with Crippen molar-refractivity contribution in [3.8, 4) is 0 Å². The molecule has 2 unspecified atom stereocenters. The first-order chi connectivity index (χ1) is 11.6. The molecule has 5 nitrogen and oxygen atoms in total. The van der Waals surface area contributed by atoms with Crippen LogP contribution < -0.4 is 5.56 Å². The molecular formula is C17H19N3O2S2. The summed E-state index contributed by atoms with van der Waals surface area (Å²) in [6.45, 7) is 0.800. The molecule has 4 rings (SSSR count). The quantitative estimate of drug-likeness (QED) is 0.766. The predicted octanol–water partition coefficient (Wildman–Crippen LogP) is 3.09. The van der Waals surface area contributed by atoms with Crippen LogP contribution in [-0.2, 0) is 0 Å². The molecule has 2 heterocycles. The number of nitrogens with zero attached hydrogens (tertiary/aromatic N) is 1. The van der Waals surface area contributed by atoms with Gasteiger partial charge in [0, 0.05) is 29.2 Å². The van der Waals surface area contributed by atoms with Gasteiger partial charge in [0.05, 0.1) is 10.9 Å². The van der Waals surface area contributed by atoms with Crippen LogP contribution in [0.2, 0.25) is 0 Å². The molecule has 1 aliphatic carbocycles. The maximum atomic E-state index is 13.1. The Kier molecular flexibility index (Phi) is 4.22. The van der Waals surface area contributed by atoms with E-state index in [1.54, 1.807) is 18.2 Å². The van der Waals surface area contributed by atoms with Gasteiger partial charge in [0.2, 0.25) is 0 Å². The molecule has 24 heavy (non-hydrogen) atoms. The van der Waals surface area contributed by atoms with Crippen molar-refractivity contribution in [2.24, 2.45) is 0 Å². The molecule has 2 N–H and O–H groups in total. The van der Waals surface area contributed by atoms with Gasteiger partial charge in [0.15, 0.2) is 4.77 Å². The van der Waals surface area contributed by atoms with E-state index in [1.165, 1.54) is 19.3 Å². The van der Waals surface area contributed by atoms with Gasteiger partial charge in [-0.05, 0) is 43.3 Å². The van der Waals surface area contributed by atoms with Crippen LogP contribution in [0.15, 0.2) is 23.0 Å². The van der Waals surface area contributed by atoms with E-state index >= 15 is 0 Å². The van der Waals surface area contributed by atoms with E-state index in [0.29, 0.717) is 27.8 Å². The third-order valence-corrected chi connectivity index (χ3v) is 6.58. The molecule has 0 spiro atoms. The number of H-pyrrole nitrogens is 2. The lowest BCUT2D eigenvalue weighted by atomic mass is 9.92. The van der Waals surface area contributed by atoms with Gasteiger partial charge >= 0.3 is 0 Å². The number of carbonyl (C=O) groups excluding carboxylic acids is 1. The Balaban J connectivity index is 1.70. The second-order valence-corrected chi connectivity index (χ2v) is 8.18. The predicted molar refractivity (Wildman–Crippen MR) is 99.3 cm³/mol. The van der Waals surface area contributed by atoms with E-state index in [-0.39, 0.29) is 16.2 Å². The Bertz CT molecular complexity index is 903. The fraction of sp³-hybridized carbons (Fsp3) is 0.471. The van der Waals surface area contributed by atoms with E-state index in [2.05, 4.69) is 9.97 Å². The number of amides is 1. The molecule has 1 saturated heterocycles. The van der Waals surface area contributed by atoms with Gasteiger partial charge < -0.3 is 9.88 Å². The Morgan fingerprint density at radius 1 is 1.25 bits per heavy atom. The lowest BCUT2D eigenvalue weighted by Crippen LogP contribution is -2.51. The highest BCUT2D eigenvalue weighted by Crippen LogP contribution is 2.36. The van der Waals surface area contributed by atoms with Crippen molar-refractivity contribution in [3.05, 3.63) is 38.9 Å². The SMILES string of the molecule is O=C(c1ccc2c(=O)[nH]c(=S)[nH]c2c1)N1CCSC2CCCCC21. The van der Waals surface area contributed by atoms with Crippen LogP contribution in [0, 0.1) is 4.77 Å². The van der Waals surface area contributed by atoms with Crippen molar-refractivity contribution in [2.75, 3.05) is 12.3 Å². The summed E-state index contributed by atoms with van der Waals surface area (Å²) in [5.41, 5.74) is 1.01. The van der Waals surface area contributed by atoms with Crippen LogP contribution in [0.5, 0.6) is 0 Å². The highest BCUT2D eigenvalue weighted by atomic mass is 32.2. The molecule has 1 aromatic carbocycles. The molecule has 1 saturated carbocycles. The van der Waals surface area contributed by atoms with Crippen molar-refractivity contribution in [1.29, 1.82) is 0 Å². The summed E-state index contributed by atoms with van der Waals surface area (Å²) >= 11 is 7.04. The zero-order chi connectivity index (χ0) is 16.7. The van der Waals surface area contributed by atoms with Gasteiger partial charge in [-0.25, -0.2) is 0 Å². The van der Waals surface area contributed by atoms with Crippen LogP contribution in [-0.4, -0.2) is 44.4 Å². The summed E-state index contributed by atoms with van der Waals surface area (Å²) in [6.07, 6.45) is 4.77. The highest BCUT2D eigenvalue weighted by Gasteiger charge is 2.36. The van der Waals surface area contributed by atoms with Crippen LogP contribution in [0.4, 0.5) is 0 Å². The third-order valence-electron chi connectivity index (χ3n) is 4.98. The van der Waals surface area contributed by atoms with E-state index in [9.17, 15) is 9.59 Å². The molecule has 7 heteroatoms. The maximum Gasteiger partial charge on any atom is 0.259 e. The number of hydrogen-bond donors (Lipinski definition) is 2. The van der Waals surface area contributed by atoms with Gasteiger partial charge in [0.1, 0.15) is 0 Å². The Hall–Kier alpha value is -1.60. The largest absolute Gasteiger partial charge is 0.334 e. The van der Waals surface area contributed by atoms with Gasteiger partial charge in [-0.15, -0.1) is 0 Å². The van der Waals surface area contributed by atoms with Crippen molar-refractivity contribution in [2.45, 2.75) is 37.0 Å². The molecule has 0 bridgehead atoms. The first-order valence-electron chi connectivity index (χ1n) is 8.32. The smallest absolute Gasteiger partial charge is 0.259 e.